The van der Waals surface area contributed by atoms with Crippen LogP contribution < -0.4 is 10.2 Å². The number of nitrogens with zero attached hydrogens (tertiary/aromatic N) is 2. The number of nitrogens with one attached hydrogen (secondary N) is 1. The van der Waals surface area contributed by atoms with Crippen molar-refractivity contribution in [3.63, 3.8) is 0 Å². The van der Waals surface area contributed by atoms with Crippen LogP contribution in [0, 0.1) is 13.8 Å². The van der Waals surface area contributed by atoms with E-state index in [0.717, 1.165) is 26.2 Å². The van der Waals surface area contributed by atoms with Crippen LogP contribution in [0.15, 0.2) is 48.5 Å². The van der Waals surface area contributed by atoms with E-state index in [2.05, 4.69) is 60.5 Å². The molecule has 2 aromatic carbocycles. The van der Waals surface area contributed by atoms with E-state index in [-0.39, 0.29) is 12.1 Å². The molecule has 0 saturated carbocycles. The Morgan fingerprint density at radius 2 is 1.72 bits per heavy atom. The Morgan fingerprint density at radius 1 is 1.00 bits per heavy atom. The van der Waals surface area contributed by atoms with E-state index in [9.17, 15) is 4.79 Å². The number of rotatable bonds is 3. The number of hydrogen-bond acceptors (Lipinski definition) is 2. The Hall–Kier alpha value is -2.49. The first-order valence-electron chi connectivity index (χ1n) is 8.97. The number of piperazine rings is 1. The highest BCUT2D eigenvalue weighted by molar-refractivity contribution is 5.75. The van der Waals surface area contributed by atoms with Crippen LogP contribution in [0.1, 0.15) is 29.7 Å². The summed E-state index contributed by atoms with van der Waals surface area (Å²) in [6.07, 6.45) is 0. The molecule has 25 heavy (non-hydrogen) atoms. The fraction of sp³-hybridized carbons (Fsp3) is 0.381. The van der Waals surface area contributed by atoms with E-state index in [1.165, 1.54) is 22.4 Å². The van der Waals surface area contributed by atoms with Gasteiger partial charge in [-0.25, -0.2) is 4.79 Å². The molecule has 1 saturated heterocycles. The standard InChI is InChI=1S/C21H27N3O/c1-16-7-6-9-19(15-16)23-11-13-24(14-12-23)21(25)22-18(3)20-10-5-4-8-17(20)2/h4-10,15,18H,11-14H2,1-3H3,(H,22,25). The second kappa shape index (κ2) is 7.60. The van der Waals surface area contributed by atoms with Crippen molar-refractivity contribution in [3.8, 4) is 0 Å². The van der Waals surface area contributed by atoms with Gasteiger partial charge in [0.1, 0.15) is 0 Å². The van der Waals surface area contributed by atoms with Crippen LogP contribution in [-0.4, -0.2) is 37.1 Å². The number of hydrogen-bond donors (Lipinski definition) is 1. The van der Waals surface area contributed by atoms with E-state index < -0.39 is 0 Å². The molecule has 0 spiro atoms. The molecule has 0 bridgehead atoms. The van der Waals surface area contributed by atoms with Crippen molar-refractivity contribution >= 4 is 11.7 Å². The number of carbonyl (C=O) groups excluding carboxylic acids is 1. The van der Waals surface area contributed by atoms with Crippen molar-refractivity contribution < 1.29 is 4.79 Å². The first-order valence-corrected chi connectivity index (χ1v) is 8.97. The predicted octanol–water partition coefficient (Wildman–Crippen LogP) is 3.90. The molecule has 1 atom stereocenters. The summed E-state index contributed by atoms with van der Waals surface area (Å²) in [4.78, 5) is 16.9. The molecule has 132 valence electrons. The zero-order valence-corrected chi connectivity index (χ0v) is 15.3. The minimum atomic E-state index is 0.0171. The Bertz CT molecular complexity index is 735. The number of aryl methyl sites for hydroxylation is 2. The highest BCUT2D eigenvalue weighted by Crippen LogP contribution is 2.19. The number of urea groups is 1. The summed E-state index contributed by atoms with van der Waals surface area (Å²) in [5, 5.41) is 3.14. The predicted molar refractivity (Wildman–Crippen MR) is 103 cm³/mol. The van der Waals surface area contributed by atoms with Crippen molar-refractivity contribution in [2.45, 2.75) is 26.8 Å². The van der Waals surface area contributed by atoms with Crippen LogP contribution in [0.5, 0.6) is 0 Å². The quantitative estimate of drug-likeness (QED) is 0.922. The van der Waals surface area contributed by atoms with Crippen LogP contribution in [0.25, 0.3) is 0 Å². The fourth-order valence-electron chi connectivity index (χ4n) is 3.42. The molecule has 4 heteroatoms. The molecule has 0 radical (unpaired) electrons. The van der Waals surface area contributed by atoms with Gasteiger partial charge >= 0.3 is 6.03 Å². The maximum atomic E-state index is 12.6. The molecule has 2 aromatic rings. The third-order valence-electron chi connectivity index (χ3n) is 4.93. The maximum Gasteiger partial charge on any atom is 0.317 e. The van der Waals surface area contributed by atoms with Crippen molar-refractivity contribution in [2.24, 2.45) is 0 Å². The maximum absolute atomic E-state index is 12.6. The molecule has 1 N–H and O–H groups in total. The van der Waals surface area contributed by atoms with Gasteiger partial charge in [-0.2, -0.15) is 0 Å². The molecular formula is C21H27N3O. The normalized spacial score (nSPS) is 15.8. The fourth-order valence-corrected chi connectivity index (χ4v) is 3.42. The van der Waals surface area contributed by atoms with Gasteiger partial charge in [-0.1, -0.05) is 36.4 Å². The van der Waals surface area contributed by atoms with Crippen LogP contribution in [-0.2, 0) is 0 Å². The van der Waals surface area contributed by atoms with E-state index >= 15 is 0 Å². The topological polar surface area (TPSA) is 35.6 Å². The molecule has 1 aliphatic heterocycles. The van der Waals surface area contributed by atoms with Crippen molar-refractivity contribution in [1.29, 1.82) is 0 Å². The van der Waals surface area contributed by atoms with Gasteiger partial charge in [0, 0.05) is 31.9 Å². The highest BCUT2D eigenvalue weighted by Gasteiger charge is 2.22. The Balaban J connectivity index is 1.56. The summed E-state index contributed by atoms with van der Waals surface area (Å²) >= 11 is 0. The zero-order chi connectivity index (χ0) is 17.8. The van der Waals surface area contributed by atoms with Gasteiger partial charge in [0.2, 0.25) is 0 Å². The van der Waals surface area contributed by atoms with Crippen LogP contribution in [0.2, 0.25) is 0 Å². The zero-order valence-electron chi connectivity index (χ0n) is 15.3. The van der Waals surface area contributed by atoms with Crippen LogP contribution >= 0.6 is 0 Å². The van der Waals surface area contributed by atoms with Crippen LogP contribution in [0.4, 0.5) is 10.5 Å². The molecule has 4 nitrogen and oxygen atoms in total. The Labute approximate surface area is 150 Å². The smallest absolute Gasteiger partial charge is 0.317 e. The molecule has 2 amide bonds. The molecule has 1 aliphatic rings. The SMILES string of the molecule is Cc1cccc(N2CCN(C(=O)NC(C)c3ccccc3C)CC2)c1. The lowest BCUT2D eigenvalue weighted by Crippen LogP contribution is -2.52. The molecule has 3 rings (SSSR count). The lowest BCUT2D eigenvalue weighted by atomic mass is 10.0. The Kier molecular flexibility index (Phi) is 5.27. The molecule has 0 aliphatic carbocycles. The average Bonchev–Trinajstić information content (AvgIpc) is 2.62. The van der Waals surface area contributed by atoms with Gasteiger partial charge in [0.25, 0.3) is 0 Å². The van der Waals surface area contributed by atoms with Gasteiger partial charge in [-0.3, -0.25) is 0 Å². The third kappa shape index (κ3) is 4.13. The Morgan fingerprint density at radius 3 is 2.40 bits per heavy atom. The first-order chi connectivity index (χ1) is 12.0. The minimum Gasteiger partial charge on any atom is -0.368 e. The average molecular weight is 337 g/mol. The summed E-state index contributed by atoms with van der Waals surface area (Å²) in [6.45, 7) is 9.48. The molecule has 0 aromatic heterocycles. The van der Waals surface area contributed by atoms with Gasteiger partial charge in [0.05, 0.1) is 6.04 Å². The highest BCUT2D eigenvalue weighted by atomic mass is 16.2. The third-order valence-corrected chi connectivity index (χ3v) is 4.93. The summed E-state index contributed by atoms with van der Waals surface area (Å²) in [6, 6.07) is 16.8. The van der Waals surface area contributed by atoms with Crippen molar-refractivity contribution in [2.75, 3.05) is 31.1 Å². The van der Waals surface area contributed by atoms with E-state index in [4.69, 9.17) is 0 Å². The lowest BCUT2D eigenvalue weighted by molar-refractivity contribution is 0.191. The van der Waals surface area contributed by atoms with Gasteiger partial charge in [-0.05, 0) is 49.6 Å². The number of carbonyl (C=O) groups is 1. The largest absolute Gasteiger partial charge is 0.368 e. The summed E-state index contributed by atoms with van der Waals surface area (Å²) in [5.74, 6) is 0. The summed E-state index contributed by atoms with van der Waals surface area (Å²) in [7, 11) is 0. The summed E-state index contributed by atoms with van der Waals surface area (Å²) < 4.78 is 0. The van der Waals surface area contributed by atoms with E-state index in [0.29, 0.717) is 0 Å². The van der Waals surface area contributed by atoms with E-state index in [1.54, 1.807) is 0 Å². The number of amides is 2. The first kappa shape index (κ1) is 17.3. The van der Waals surface area contributed by atoms with Crippen molar-refractivity contribution in [1.82, 2.24) is 10.2 Å². The molecular weight excluding hydrogens is 310 g/mol. The molecule has 1 heterocycles. The number of benzene rings is 2. The number of anilines is 1. The summed E-state index contributed by atoms with van der Waals surface area (Å²) in [5.41, 5.74) is 4.90. The van der Waals surface area contributed by atoms with E-state index in [1.807, 2.05) is 24.0 Å². The van der Waals surface area contributed by atoms with Gasteiger partial charge < -0.3 is 15.1 Å². The van der Waals surface area contributed by atoms with Crippen molar-refractivity contribution in [3.05, 3.63) is 65.2 Å². The monoisotopic (exact) mass is 337 g/mol. The second-order valence-electron chi connectivity index (χ2n) is 6.84. The lowest BCUT2D eigenvalue weighted by Gasteiger charge is -2.36. The second-order valence-corrected chi connectivity index (χ2v) is 6.84. The molecule has 1 fully saturated rings. The molecule has 1 unspecified atom stereocenters. The van der Waals surface area contributed by atoms with Gasteiger partial charge in [0.15, 0.2) is 0 Å². The van der Waals surface area contributed by atoms with Gasteiger partial charge in [-0.15, -0.1) is 0 Å². The minimum absolute atomic E-state index is 0.0171. The van der Waals surface area contributed by atoms with Crippen LogP contribution in [0.3, 0.4) is 0 Å².